The molecule has 1 atom stereocenters. The maximum absolute atomic E-state index is 12.8. The molecule has 1 amide bonds. The van der Waals surface area contributed by atoms with Crippen LogP contribution in [0.4, 0.5) is 5.82 Å². The fraction of sp³-hybridized carbons (Fsp3) is 0.435. The van der Waals surface area contributed by atoms with Crippen LogP contribution in [0.1, 0.15) is 38.8 Å². The number of ether oxygens (including phenoxy) is 1. The van der Waals surface area contributed by atoms with Gasteiger partial charge in [0.05, 0.1) is 5.56 Å². The first-order valence-corrected chi connectivity index (χ1v) is 9.95. The number of benzene rings is 1. The molecule has 29 heavy (non-hydrogen) atoms. The van der Waals surface area contributed by atoms with Gasteiger partial charge in [-0.3, -0.25) is 4.79 Å². The van der Waals surface area contributed by atoms with Gasteiger partial charge in [0, 0.05) is 32.4 Å². The minimum absolute atomic E-state index is 0.0222. The molecule has 0 radical (unpaired) electrons. The number of anilines is 1. The highest BCUT2D eigenvalue weighted by molar-refractivity contribution is 5.81. The predicted molar refractivity (Wildman–Crippen MR) is 113 cm³/mol. The third kappa shape index (κ3) is 4.86. The molecule has 1 unspecified atom stereocenters. The van der Waals surface area contributed by atoms with Gasteiger partial charge in [-0.1, -0.05) is 32.9 Å². The second kappa shape index (κ2) is 8.52. The van der Waals surface area contributed by atoms with E-state index < -0.39 is 6.10 Å². The average molecular weight is 393 g/mol. The van der Waals surface area contributed by atoms with Gasteiger partial charge in [-0.15, -0.1) is 0 Å². The Kier molecular flexibility index (Phi) is 6.07. The van der Waals surface area contributed by atoms with E-state index in [0.717, 1.165) is 0 Å². The van der Waals surface area contributed by atoms with Crippen molar-refractivity contribution < 1.29 is 9.53 Å². The number of nitriles is 1. The molecule has 6 heteroatoms. The molecular formula is C23H28N4O2. The zero-order chi connectivity index (χ0) is 21.0. The number of rotatable bonds is 4. The molecule has 1 aliphatic heterocycles. The number of nitrogens with zero attached hydrogens (tertiary/aromatic N) is 4. The smallest absolute Gasteiger partial charge is 0.263 e. The van der Waals surface area contributed by atoms with E-state index in [9.17, 15) is 10.1 Å². The Bertz CT molecular complexity index is 888. The molecule has 0 N–H and O–H groups in total. The minimum Gasteiger partial charge on any atom is -0.481 e. The van der Waals surface area contributed by atoms with Gasteiger partial charge in [0.15, 0.2) is 6.10 Å². The van der Waals surface area contributed by atoms with Crippen LogP contribution in [0.5, 0.6) is 5.75 Å². The minimum atomic E-state index is -0.549. The fourth-order valence-corrected chi connectivity index (χ4v) is 3.42. The lowest BCUT2D eigenvalue weighted by atomic mass is 9.87. The van der Waals surface area contributed by atoms with E-state index in [1.807, 2.05) is 29.2 Å². The van der Waals surface area contributed by atoms with Gasteiger partial charge >= 0.3 is 0 Å². The summed E-state index contributed by atoms with van der Waals surface area (Å²) in [6, 6.07) is 13.6. The summed E-state index contributed by atoms with van der Waals surface area (Å²) in [5.74, 6) is 1.36. The summed E-state index contributed by atoms with van der Waals surface area (Å²) in [4.78, 5) is 21.0. The zero-order valence-corrected chi connectivity index (χ0v) is 17.6. The molecule has 2 heterocycles. The van der Waals surface area contributed by atoms with Crippen molar-refractivity contribution in [1.29, 1.82) is 5.26 Å². The highest BCUT2D eigenvalue weighted by atomic mass is 16.5. The van der Waals surface area contributed by atoms with Crippen molar-refractivity contribution in [1.82, 2.24) is 9.88 Å². The maximum atomic E-state index is 12.8. The van der Waals surface area contributed by atoms with Crippen molar-refractivity contribution in [2.45, 2.75) is 39.2 Å². The molecule has 1 saturated heterocycles. The van der Waals surface area contributed by atoms with E-state index in [-0.39, 0.29) is 11.3 Å². The third-order valence-electron chi connectivity index (χ3n) is 5.18. The quantitative estimate of drug-likeness (QED) is 0.798. The monoisotopic (exact) mass is 392 g/mol. The van der Waals surface area contributed by atoms with Gasteiger partial charge in [0.1, 0.15) is 17.6 Å². The summed E-state index contributed by atoms with van der Waals surface area (Å²) in [5, 5.41) is 9.27. The summed E-state index contributed by atoms with van der Waals surface area (Å²) in [6.45, 7) is 10.7. The molecule has 0 spiro atoms. The van der Waals surface area contributed by atoms with Gasteiger partial charge in [0.2, 0.25) is 0 Å². The lowest BCUT2D eigenvalue weighted by molar-refractivity contribution is -0.138. The van der Waals surface area contributed by atoms with Crippen LogP contribution in [-0.4, -0.2) is 48.1 Å². The summed E-state index contributed by atoms with van der Waals surface area (Å²) < 4.78 is 5.88. The lowest BCUT2D eigenvalue weighted by Crippen LogP contribution is -2.52. The predicted octanol–water partition coefficient (Wildman–Crippen LogP) is 3.37. The molecule has 6 nitrogen and oxygen atoms in total. The summed E-state index contributed by atoms with van der Waals surface area (Å²) in [6.07, 6.45) is 1.14. The number of piperazine rings is 1. The van der Waals surface area contributed by atoms with Crippen molar-refractivity contribution in [3.05, 3.63) is 53.7 Å². The Morgan fingerprint density at radius 3 is 2.38 bits per heavy atom. The van der Waals surface area contributed by atoms with Gasteiger partial charge in [0.25, 0.3) is 5.91 Å². The number of hydrogen-bond acceptors (Lipinski definition) is 5. The molecule has 1 fully saturated rings. The van der Waals surface area contributed by atoms with Crippen LogP contribution in [0, 0.1) is 11.3 Å². The summed E-state index contributed by atoms with van der Waals surface area (Å²) in [7, 11) is 0. The second-order valence-corrected chi connectivity index (χ2v) is 8.33. The van der Waals surface area contributed by atoms with E-state index in [2.05, 4.69) is 36.7 Å². The molecule has 0 aliphatic carbocycles. The molecule has 152 valence electrons. The summed E-state index contributed by atoms with van der Waals surface area (Å²) >= 11 is 0. The van der Waals surface area contributed by atoms with Crippen molar-refractivity contribution in [3.8, 4) is 11.8 Å². The van der Waals surface area contributed by atoms with Crippen LogP contribution in [0.3, 0.4) is 0 Å². The molecule has 0 bridgehead atoms. The Hall–Kier alpha value is -3.07. The molecule has 1 aliphatic rings. The number of hydrogen-bond donors (Lipinski definition) is 0. The van der Waals surface area contributed by atoms with Gasteiger partial charge in [-0.05, 0) is 42.2 Å². The number of pyridine rings is 1. The van der Waals surface area contributed by atoms with Crippen LogP contribution < -0.4 is 9.64 Å². The molecular weight excluding hydrogens is 364 g/mol. The normalized spacial score (nSPS) is 15.6. The Morgan fingerprint density at radius 1 is 1.14 bits per heavy atom. The van der Waals surface area contributed by atoms with E-state index in [1.54, 1.807) is 25.3 Å². The van der Waals surface area contributed by atoms with Crippen LogP contribution >= 0.6 is 0 Å². The largest absolute Gasteiger partial charge is 0.481 e. The Labute approximate surface area is 172 Å². The van der Waals surface area contributed by atoms with Crippen molar-refractivity contribution in [3.63, 3.8) is 0 Å². The average Bonchev–Trinajstić information content (AvgIpc) is 2.73. The van der Waals surface area contributed by atoms with Crippen molar-refractivity contribution in [2.24, 2.45) is 0 Å². The second-order valence-electron chi connectivity index (χ2n) is 8.33. The number of aromatic nitrogens is 1. The number of carbonyl (C=O) groups excluding carboxylic acids is 1. The standard InChI is InChI=1S/C23H28N4O2/c1-17(29-20-9-7-19(8-10-20)23(2,3)4)22(28)27-14-12-26(13-15-27)21-18(16-24)6-5-11-25-21/h5-11,17H,12-15H2,1-4H3. The van der Waals surface area contributed by atoms with Crippen LogP contribution in [0.15, 0.2) is 42.6 Å². The van der Waals surface area contributed by atoms with Crippen LogP contribution in [-0.2, 0) is 10.2 Å². The number of carbonyl (C=O) groups is 1. The first-order valence-electron chi connectivity index (χ1n) is 9.95. The third-order valence-corrected chi connectivity index (χ3v) is 5.18. The molecule has 1 aromatic carbocycles. The van der Waals surface area contributed by atoms with E-state index in [0.29, 0.717) is 43.3 Å². The highest BCUT2D eigenvalue weighted by Gasteiger charge is 2.27. The Morgan fingerprint density at radius 2 is 1.79 bits per heavy atom. The molecule has 2 aromatic rings. The Balaban J connectivity index is 1.57. The van der Waals surface area contributed by atoms with Gasteiger partial charge in [-0.25, -0.2) is 4.98 Å². The lowest BCUT2D eigenvalue weighted by Gasteiger charge is -2.36. The van der Waals surface area contributed by atoms with Crippen molar-refractivity contribution in [2.75, 3.05) is 31.1 Å². The molecule has 0 saturated carbocycles. The summed E-state index contributed by atoms with van der Waals surface area (Å²) in [5.41, 5.74) is 1.87. The van der Waals surface area contributed by atoms with E-state index in [1.165, 1.54) is 5.56 Å². The SMILES string of the molecule is CC(Oc1ccc(C(C)(C)C)cc1)C(=O)N1CCN(c2ncccc2C#N)CC1. The molecule has 3 rings (SSSR count). The maximum Gasteiger partial charge on any atom is 0.263 e. The van der Waals surface area contributed by atoms with Crippen molar-refractivity contribution >= 4 is 11.7 Å². The topological polar surface area (TPSA) is 69.5 Å². The van der Waals surface area contributed by atoms with E-state index >= 15 is 0 Å². The highest BCUT2D eigenvalue weighted by Crippen LogP contribution is 2.25. The zero-order valence-electron chi connectivity index (χ0n) is 17.6. The first kappa shape index (κ1) is 20.7. The number of amides is 1. The fourth-order valence-electron chi connectivity index (χ4n) is 3.42. The first-order chi connectivity index (χ1) is 13.8. The molecule has 1 aromatic heterocycles. The van der Waals surface area contributed by atoms with Crippen LogP contribution in [0.25, 0.3) is 0 Å². The van der Waals surface area contributed by atoms with Gasteiger partial charge < -0.3 is 14.5 Å². The van der Waals surface area contributed by atoms with Crippen LogP contribution in [0.2, 0.25) is 0 Å². The van der Waals surface area contributed by atoms with Gasteiger partial charge in [-0.2, -0.15) is 5.26 Å². The van der Waals surface area contributed by atoms with E-state index in [4.69, 9.17) is 4.74 Å².